The minimum atomic E-state index is -0.459. The molecule has 9 heteroatoms. The summed E-state index contributed by atoms with van der Waals surface area (Å²) in [4.78, 5) is 18.3. The van der Waals surface area contributed by atoms with E-state index in [-0.39, 0.29) is 36.1 Å². The first kappa shape index (κ1) is 23.5. The average Bonchev–Trinajstić information content (AvgIpc) is 2.90. The van der Waals surface area contributed by atoms with Gasteiger partial charge in [0.1, 0.15) is 5.60 Å². The summed E-state index contributed by atoms with van der Waals surface area (Å²) in [5.74, 6) is 0.797. The van der Waals surface area contributed by atoms with Gasteiger partial charge >= 0.3 is 6.09 Å². The molecular formula is C18H33IN6O2. The van der Waals surface area contributed by atoms with E-state index in [0.717, 1.165) is 37.6 Å². The number of likely N-dealkylation sites (tertiary alicyclic amines) is 1. The van der Waals surface area contributed by atoms with Crippen molar-refractivity contribution in [3.8, 4) is 0 Å². The van der Waals surface area contributed by atoms with Crippen molar-refractivity contribution in [2.45, 2.75) is 59.1 Å². The number of amides is 1. The van der Waals surface area contributed by atoms with Crippen LogP contribution in [0.15, 0.2) is 11.2 Å². The summed E-state index contributed by atoms with van der Waals surface area (Å²) in [7, 11) is 0. The van der Waals surface area contributed by atoms with E-state index in [4.69, 9.17) is 4.74 Å². The molecule has 1 aliphatic rings. The number of hydrogen-bond donors (Lipinski definition) is 3. The van der Waals surface area contributed by atoms with E-state index in [0.29, 0.717) is 13.1 Å². The van der Waals surface area contributed by atoms with Crippen molar-refractivity contribution in [1.82, 2.24) is 25.7 Å². The zero-order valence-corrected chi connectivity index (χ0v) is 19.3. The summed E-state index contributed by atoms with van der Waals surface area (Å²) in [6, 6.07) is 0.205. The van der Waals surface area contributed by atoms with Crippen LogP contribution in [-0.2, 0) is 11.2 Å². The number of aliphatic imine (C=N–C) groups is 1. The molecule has 27 heavy (non-hydrogen) atoms. The lowest BCUT2D eigenvalue weighted by molar-refractivity contribution is 0.00701. The van der Waals surface area contributed by atoms with Crippen molar-refractivity contribution >= 4 is 36.0 Å². The van der Waals surface area contributed by atoms with Gasteiger partial charge in [0.25, 0.3) is 0 Å². The number of carbonyl (C=O) groups is 1. The molecule has 1 saturated heterocycles. The van der Waals surface area contributed by atoms with E-state index in [9.17, 15) is 4.79 Å². The zero-order valence-electron chi connectivity index (χ0n) is 17.0. The van der Waals surface area contributed by atoms with Gasteiger partial charge in [-0.05, 0) is 53.0 Å². The van der Waals surface area contributed by atoms with Crippen LogP contribution in [0.3, 0.4) is 0 Å². The van der Waals surface area contributed by atoms with Crippen LogP contribution in [0, 0.1) is 6.92 Å². The quantitative estimate of drug-likeness (QED) is 0.246. The number of nitrogens with zero attached hydrogens (tertiary/aromatic N) is 3. The number of H-pyrrole nitrogens is 1. The maximum Gasteiger partial charge on any atom is 0.410 e. The van der Waals surface area contributed by atoms with Crippen LogP contribution < -0.4 is 10.6 Å². The molecule has 154 valence electrons. The summed E-state index contributed by atoms with van der Waals surface area (Å²) in [6.07, 6.45) is 3.54. The smallest absolute Gasteiger partial charge is 0.410 e. The number of guanidine groups is 1. The highest BCUT2D eigenvalue weighted by Gasteiger charge is 2.34. The van der Waals surface area contributed by atoms with Gasteiger partial charge in [-0.3, -0.25) is 10.1 Å². The molecule has 0 bridgehead atoms. The Morgan fingerprint density at radius 2 is 2.15 bits per heavy atom. The molecule has 0 atom stereocenters. The average molecular weight is 492 g/mol. The minimum Gasteiger partial charge on any atom is -0.444 e. The molecule has 8 nitrogen and oxygen atoms in total. The fraction of sp³-hybridized carbons (Fsp3) is 0.722. The van der Waals surface area contributed by atoms with Crippen molar-refractivity contribution in [3.63, 3.8) is 0 Å². The summed E-state index contributed by atoms with van der Waals surface area (Å²) in [6.45, 7) is 12.5. The van der Waals surface area contributed by atoms with Crippen molar-refractivity contribution < 1.29 is 9.53 Å². The van der Waals surface area contributed by atoms with Crippen molar-refractivity contribution in [2.24, 2.45) is 4.99 Å². The molecule has 3 N–H and O–H groups in total. The third-order valence-corrected chi connectivity index (χ3v) is 4.03. The predicted molar refractivity (Wildman–Crippen MR) is 118 cm³/mol. The van der Waals surface area contributed by atoms with E-state index in [1.807, 2.05) is 40.8 Å². The Bertz CT molecular complexity index is 620. The van der Waals surface area contributed by atoms with Gasteiger partial charge in [-0.15, -0.1) is 24.0 Å². The highest BCUT2D eigenvalue weighted by Crippen LogP contribution is 2.15. The summed E-state index contributed by atoms with van der Waals surface area (Å²) in [5, 5.41) is 13.6. The molecule has 1 aromatic rings. The monoisotopic (exact) mass is 492 g/mol. The predicted octanol–water partition coefficient (Wildman–Crippen LogP) is 2.44. The third-order valence-electron chi connectivity index (χ3n) is 4.03. The van der Waals surface area contributed by atoms with E-state index in [1.165, 1.54) is 5.56 Å². The van der Waals surface area contributed by atoms with Crippen LogP contribution in [0.25, 0.3) is 0 Å². The number of ether oxygens (including phenoxy) is 1. The maximum absolute atomic E-state index is 12.0. The number of carbonyl (C=O) groups excluding carboxylic acids is 1. The van der Waals surface area contributed by atoms with Crippen LogP contribution in [0.2, 0.25) is 0 Å². The zero-order chi connectivity index (χ0) is 19.2. The second kappa shape index (κ2) is 10.7. The Morgan fingerprint density at radius 3 is 2.70 bits per heavy atom. The second-order valence-electron chi connectivity index (χ2n) is 7.61. The molecule has 0 radical (unpaired) electrons. The molecule has 1 aliphatic heterocycles. The molecule has 2 rings (SSSR count). The van der Waals surface area contributed by atoms with Crippen molar-refractivity contribution in [1.29, 1.82) is 0 Å². The van der Waals surface area contributed by atoms with Gasteiger partial charge in [0.05, 0.1) is 12.2 Å². The Morgan fingerprint density at radius 1 is 1.44 bits per heavy atom. The first-order valence-electron chi connectivity index (χ1n) is 9.30. The fourth-order valence-corrected chi connectivity index (χ4v) is 2.65. The molecule has 1 aromatic heterocycles. The lowest BCUT2D eigenvalue weighted by Gasteiger charge is -2.40. The number of hydrogen-bond acceptors (Lipinski definition) is 4. The highest BCUT2D eigenvalue weighted by molar-refractivity contribution is 14.0. The number of rotatable bonds is 6. The van der Waals surface area contributed by atoms with Crippen molar-refractivity contribution in [3.05, 3.63) is 17.5 Å². The Hall–Kier alpha value is -1.52. The molecule has 0 unspecified atom stereocenters. The van der Waals surface area contributed by atoms with Crippen LogP contribution >= 0.6 is 24.0 Å². The number of aromatic amines is 1. The number of aromatic nitrogens is 2. The van der Waals surface area contributed by atoms with Gasteiger partial charge in [0, 0.05) is 31.9 Å². The topological polar surface area (TPSA) is 94.6 Å². The van der Waals surface area contributed by atoms with Crippen LogP contribution in [0.1, 0.15) is 45.4 Å². The van der Waals surface area contributed by atoms with E-state index < -0.39 is 5.60 Å². The third kappa shape index (κ3) is 7.94. The van der Waals surface area contributed by atoms with E-state index >= 15 is 0 Å². The first-order chi connectivity index (χ1) is 12.3. The largest absolute Gasteiger partial charge is 0.444 e. The lowest BCUT2D eigenvalue weighted by atomic mass is 10.1. The molecule has 1 amide bonds. The Labute approximate surface area is 178 Å². The number of nitrogens with one attached hydrogen (secondary N) is 3. The van der Waals surface area contributed by atoms with Gasteiger partial charge < -0.3 is 20.3 Å². The van der Waals surface area contributed by atoms with Gasteiger partial charge in [0.15, 0.2) is 5.96 Å². The van der Waals surface area contributed by atoms with E-state index in [2.05, 4.69) is 25.8 Å². The molecule has 0 spiro atoms. The van der Waals surface area contributed by atoms with Crippen LogP contribution in [0.4, 0.5) is 4.79 Å². The standard InChI is InChI=1S/C18H32N6O2.HI/c1-6-19-16(20-9-7-8-14-10-21-23-13(14)2)22-15-11-24(12-15)17(25)26-18(3,4)5;/h10,15H,6-9,11-12H2,1-5H3,(H,21,23)(H2,19,20,22);1H. The molecular weight excluding hydrogens is 459 g/mol. The van der Waals surface area contributed by atoms with Gasteiger partial charge in [0.2, 0.25) is 0 Å². The first-order valence-corrected chi connectivity index (χ1v) is 9.30. The molecule has 0 aromatic carbocycles. The maximum atomic E-state index is 12.0. The number of aryl methyl sites for hydroxylation is 2. The Kier molecular flexibility index (Phi) is 9.34. The van der Waals surface area contributed by atoms with E-state index in [1.54, 1.807) is 4.90 Å². The fourth-order valence-electron chi connectivity index (χ4n) is 2.65. The molecule has 1 fully saturated rings. The van der Waals surface area contributed by atoms with Gasteiger partial charge in [-0.25, -0.2) is 4.79 Å². The Balaban J connectivity index is 0.00000364. The summed E-state index contributed by atoms with van der Waals surface area (Å²) < 4.78 is 5.37. The highest BCUT2D eigenvalue weighted by atomic mass is 127. The summed E-state index contributed by atoms with van der Waals surface area (Å²) in [5.41, 5.74) is 1.90. The lowest BCUT2D eigenvalue weighted by Crippen LogP contribution is -2.63. The molecule has 0 aliphatic carbocycles. The normalized spacial score (nSPS) is 15.0. The second-order valence-corrected chi connectivity index (χ2v) is 7.61. The molecule has 2 heterocycles. The van der Waals surface area contributed by atoms with Crippen LogP contribution in [0.5, 0.6) is 0 Å². The summed E-state index contributed by atoms with van der Waals surface area (Å²) >= 11 is 0. The minimum absolute atomic E-state index is 0. The van der Waals surface area contributed by atoms with Crippen molar-refractivity contribution in [2.75, 3.05) is 26.2 Å². The van der Waals surface area contributed by atoms with Gasteiger partial charge in [-0.1, -0.05) is 0 Å². The van der Waals surface area contributed by atoms with Gasteiger partial charge in [-0.2, -0.15) is 5.10 Å². The number of halogens is 1. The van der Waals surface area contributed by atoms with Crippen LogP contribution in [-0.4, -0.2) is 65.0 Å². The molecule has 0 saturated carbocycles. The SMILES string of the molecule is CCNC(=NCCCc1cn[nH]c1C)NC1CN(C(=O)OC(C)(C)C)C1.I.